The van der Waals surface area contributed by atoms with E-state index in [1.165, 1.54) is 0 Å². The average Bonchev–Trinajstić information content (AvgIpc) is 2.72. The highest BCUT2D eigenvalue weighted by Crippen LogP contribution is 2.13. The largest absolute Gasteiger partial charge is 0.461 e. The minimum atomic E-state index is -0.441. The second-order valence-corrected chi connectivity index (χ2v) is 3.81. The summed E-state index contributed by atoms with van der Waals surface area (Å²) in [5.74, 6) is -0.243. The molecule has 1 heterocycles. The third-order valence-corrected chi connectivity index (χ3v) is 2.53. The lowest BCUT2D eigenvalue weighted by Gasteiger charge is -2.08. The van der Waals surface area contributed by atoms with Crippen LogP contribution in [0, 0.1) is 0 Å². The van der Waals surface area contributed by atoms with E-state index in [-0.39, 0.29) is 5.82 Å². The molecule has 2 aromatic rings. The molecule has 0 aliphatic carbocycles. The van der Waals surface area contributed by atoms with E-state index in [2.05, 4.69) is 4.98 Å². The summed E-state index contributed by atoms with van der Waals surface area (Å²) in [5, 5.41) is 0. The minimum Gasteiger partial charge on any atom is -0.461 e. The summed E-state index contributed by atoms with van der Waals surface area (Å²) >= 11 is 0. The zero-order valence-electron chi connectivity index (χ0n) is 10.2. The van der Waals surface area contributed by atoms with Gasteiger partial charge in [0.25, 0.3) is 0 Å². The fourth-order valence-corrected chi connectivity index (χ4v) is 1.72. The molecule has 0 spiro atoms. The Hall–Kier alpha value is -2.30. The first-order valence-corrected chi connectivity index (χ1v) is 5.74. The monoisotopic (exact) mass is 245 g/mol. The highest BCUT2D eigenvalue weighted by molar-refractivity contribution is 5.92. The van der Waals surface area contributed by atoms with Crippen LogP contribution in [0.4, 0.5) is 5.82 Å². The Kier molecular flexibility index (Phi) is 3.62. The number of hydrogen-bond donors (Lipinski definition) is 1. The summed E-state index contributed by atoms with van der Waals surface area (Å²) in [7, 11) is 0. The molecule has 2 N–H and O–H groups in total. The topological polar surface area (TPSA) is 70.1 Å². The van der Waals surface area contributed by atoms with Crippen LogP contribution in [0.15, 0.2) is 36.7 Å². The summed E-state index contributed by atoms with van der Waals surface area (Å²) in [6, 6.07) is 9.79. The number of carbonyl (C=O) groups is 1. The first kappa shape index (κ1) is 12.2. The van der Waals surface area contributed by atoms with Crippen molar-refractivity contribution in [3.63, 3.8) is 0 Å². The lowest BCUT2D eigenvalue weighted by Crippen LogP contribution is -2.14. The molecule has 0 fully saturated rings. The van der Waals surface area contributed by atoms with E-state index < -0.39 is 5.97 Å². The SMILES string of the molecule is CCOC(=O)c1c(N)ncn1Cc1ccccc1. The van der Waals surface area contributed by atoms with E-state index >= 15 is 0 Å². The lowest BCUT2D eigenvalue weighted by molar-refractivity contribution is 0.0516. The normalized spacial score (nSPS) is 10.3. The highest BCUT2D eigenvalue weighted by atomic mass is 16.5. The summed E-state index contributed by atoms with van der Waals surface area (Å²) in [6.07, 6.45) is 1.55. The molecule has 5 nitrogen and oxygen atoms in total. The Morgan fingerprint density at radius 1 is 1.39 bits per heavy atom. The first-order chi connectivity index (χ1) is 8.72. The quantitative estimate of drug-likeness (QED) is 0.832. The fourth-order valence-electron chi connectivity index (χ4n) is 1.72. The van der Waals surface area contributed by atoms with Gasteiger partial charge in [-0.05, 0) is 12.5 Å². The average molecular weight is 245 g/mol. The van der Waals surface area contributed by atoms with Crippen LogP contribution in [-0.4, -0.2) is 22.1 Å². The van der Waals surface area contributed by atoms with E-state index in [0.29, 0.717) is 18.8 Å². The summed E-state index contributed by atoms with van der Waals surface area (Å²) in [5.41, 5.74) is 7.07. The van der Waals surface area contributed by atoms with Crippen LogP contribution in [0.5, 0.6) is 0 Å². The van der Waals surface area contributed by atoms with Gasteiger partial charge in [-0.2, -0.15) is 0 Å². The van der Waals surface area contributed by atoms with Crippen LogP contribution in [0.3, 0.4) is 0 Å². The van der Waals surface area contributed by atoms with Crippen molar-refractivity contribution < 1.29 is 9.53 Å². The molecular formula is C13H15N3O2. The van der Waals surface area contributed by atoms with E-state index in [1.54, 1.807) is 17.8 Å². The van der Waals surface area contributed by atoms with Gasteiger partial charge in [0, 0.05) is 6.54 Å². The zero-order valence-corrected chi connectivity index (χ0v) is 10.2. The second-order valence-electron chi connectivity index (χ2n) is 3.81. The number of benzene rings is 1. The number of ether oxygens (including phenoxy) is 1. The number of esters is 1. The van der Waals surface area contributed by atoms with Crippen molar-refractivity contribution in [2.75, 3.05) is 12.3 Å². The third kappa shape index (κ3) is 2.51. The van der Waals surface area contributed by atoms with Gasteiger partial charge in [-0.25, -0.2) is 9.78 Å². The van der Waals surface area contributed by atoms with E-state index in [0.717, 1.165) is 5.56 Å². The number of anilines is 1. The molecule has 0 aliphatic heterocycles. The maximum absolute atomic E-state index is 11.8. The van der Waals surface area contributed by atoms with Crippen molar-refractivity contribution >= 4 is 11.8 Å². The smallest absolute Gasteiger partial charge is 0.358 e. The Balaban J connectivity index is 2.26. The summed E-state index contributed by atoms with van der Waals surface area (Å²) < 4.78 is 6.66. The second kappa shape index (κ2) is 5.35. The van der Waals surface area contributed by atoms with Gasteiger partial charge in [-0.1, -0.05) is 30.3 Å². The van der Waals surface area contributed by atoms with Crippen molar-refractivity contribution in [2.24, 2.45) is 0 Å². The Bertz CT molecular complexity index is 534. The van der Waals surface area contributed by atoms with Crippen LogP contribution >= 0.6 is 0 Å². The van der Waals surface area contributed by atoms with Crippen molar-refractivity contribution in [1.29, 1.82) is 0 Å². The molecule has 0 radical (unpaired) electrons. The summed E-state index contributed by atoms with van der Waals surface area (Å²) in [4.78, 5) is 15.7. The minimum absolute atomic E-state index is 0.199. The van der Waals surface area contributed by atoms with Crippen molar-refractivity contribution in [3.05, 3.63) is 47.9 Å². The zero-order chi connectivity index (χ0) is 13.0. The molecule has 2 rings (SSSR count). The lowest BCUT2D eigenvalue weighted by atomic mass is 10.2. The number of hydrogen-bond acceptors (Lipinski definition) is 4. The van der Waals surface area contributed by atoms with E-state index in [9.17, 15) is 4.79 Å². The van der Waals surface area contributed by atoms with Crippen LogP contribution < -0.4 is 5.73 Å². The summed E-state index contributed by atoms with van der Waals surface area (Å²) in [6.45, 7) is 2.61. The molecule has 94 valence electrons. The molecular weight excluding hydrogens is 230 g/mol. The van der Waals surface area contributed by atoms with Crippen molar-refractivity contribution in [3.8, 4) is 0 Å². The number of rotatable bonds is 4. The molecule has 1 aromatic heterocycles. The Morgan fingerprint density at radius 3 is 2.78 bits per heavy atom. The van der Waals surface area contributed by atoms with Gasteiger partial charge in [0.2, 0.25) is 0 Å². The van der Waals surface area contributed by atoms with Crippen molar-refractivity contribution in [1.82, 2.24) is 9.55 Å². The number of nitrogens with two attached hydrogens (primary N) is 1. The van der Waals surface area contributed by atoms with Crippen LogP contribution in [-0.2, 0) is 11.3 Å². The van der Waals surface area contributed by atoms with Gasteiger partial charge in [0.05, 0.1) is 12.9 Å². The molecule has 0 atom stereocenters. The van der Waals surface area contributed by atoms with E-state index in [4.69, 9.17) is 10.5 Å². The third-order valence-electron chi connectivity index (χ3n) is 2.53. The predicted octanol–water partition coefficient (Wildman–Crippen LogP) is 1.69. The predicted molar refractivity (Wildman–Crippen MR) is 68.1 cm³/mol. The Morgan fingerprint density at radius 2 is 2.11 bits per heavy atom. The van der Waals surface area contributed by atoms with Gasteiger partial charge in [0.1, 0.15) is 0 Å². The standard InChI is InChI=1S/C13H15N3O2/c1-2-18-13(17)11-12(14)15-9-16(11)8-10-6-4-3-5-7-10/h3-7,9H,2,8,14H2,1H3. The molecule has 18 heavy (non-hydrogen) atoms. The number of carbonyl (C=O) groups excluding carboxylic acids is 1. The van der Waals surface area contributed by atoms with Crippen LogP contribution in [0.25, 0.3) is 0 Å². The van der Waals surface area contributed by atoms with Crippen LogP contribution in [0.2, 0.25) is 0 Å². The number of nitrogens with zero attached hydrogens (tertiary/aromatic N) is 2. The molecule has 0 bridgehead atoms. The molecule has 0 aliphatic rings. The maximum Gasteiger partial charge on any atom is 0.358 e. The molecule has 0 saturated carbocycles. The van der Waals surface area contributed by atoms with E-state index in [1.807, 2.05) is 30.3 Å². The van der Waals surface area contributed by atoms with Crippen LogP contribution in [0.1, 0.15) is 23.0 Å². The van der Waals surface area contributed by atoms with Gasteiger partial charge >= 0.3 is 5.97 Å². The number of imidazole rings is 1. The van der Waals surface area contributed by atoms with Crippen molar-refractivity contribution in [2.45, 2.75) is 13.5 Å². The molecule has 0 amide bonds. The highest BCUT2D eigenvalue weighted by Gasteiger charge is 2.17. The molecule has 5 heteroatoms. The Labute approximate surface area is 105 Å². The number of aromatic nitrogens is 2. The molecule has 0 unspecified atom stereocenters. The molecule has 0 saturated heterocycles. The van der Waals surface area contributed by atoms with Gasteiger partial charge in [-0.3, -0.25) is 0 Å². The number of nitrogen functional groups attached to an aromatic ring is 1. The maximum atomic E-state index is 11.8. The van der Waals surface area contributed by atoms with Gasteiger partial charge in [-0.15, -0.1) is 0 Å². The first-order valence-electron chi connectivity index (χ1n) is 5.74. The van der Waals surface area contributed by atoms with Gasteiger partial charge < -0.3 is 15.0 Å². The fraction of sp³-hybridized carbons (Fsp3) is 0.231. The van der Waals surface area contributed by atoms with Gasteiger partial charge in [0.15, 0.2) is 11.5 Å². The molecule has 1 aromatic carbocycles.